The standard InChI is InChI=1S/C9H8N2O2/c10-3-4-11-6-7-5-8(12)1-2-9(7)13/h1-2,5-6,12-13H,4H2. The van der Waals surface area contributed by atoms with Gasteiger partial charge in [-0.2, -0.15) is 5.26 Å². The third-order valence-electron chi connectivity index (χ3n) is 1.40. The molecule has 0 aliphatic rings. The molecule has 1 aromatic carbocycles. The van der Waals surface area contributed by atoms with Crippen molar-refractivity contribution in [1.82, 2.24) is 0 Å². The lowest BCUT2D eigenvalue weighted by Crippen LogP contribution is -1.83. The van der Waals surface area contributed by atoms with Crippen LogP contribution in [-0.2, 0) is 0 Å². The monoisotopic (exact) mass is 176 g/mol. The molecule has 4 nitrogen and oxygen atoms in total. The maximum atomic E-state index is 9.25. The van der Waals surface area contributed by atoms with Crippen LogP contribution in [-0.4, -0.2) is 23.0 Å². The summed E-state index contributed by atoms with van der Waals surface area (Å²) in [4.78, 5) is 3.70. The molecule has 2 N–H and O–H groups in total. The maximum Gasteiger partial charge on any atom is 0.126 e. The summed E-state index contributed by atoms with van der Waals surface area (Å²) in [6.45, 7) is 0.0368. The lowest BCUT2D eigenvalue weighted by Gasteiger charge is -1.97. The van der Waals surface area contributed by atoms with E-state index in [0.717, 1.165) is 0 Å². The molecule has 0 atom stereocenters. The lowest BCUT2D eigenvalue weighted by atomic mass is 10.2. The van der Waals surface area contributed by atoms with Crippen LogP contribution in [0.25, 0.3) is 0 Å². The fourth-order valence-corrected chi connectivity index (χ4v) is 0.830. The van der Waals surface area contributed by atoms with Crippen molar-refractivity contribution in [2.75, 3.05) is 6.54 Å². The molecule has 0 aliphatic carbocycles. The molecule has 0 bridgehead atoms. The van der Waals surface area contributed by atoms with Crippen LogP contribution in [0.3, 0.4) is 0 Å². The summed E-state index contributed by atoms with van der Waals surface area (Å²) in [5, 5.41) is 26.5. The summed E-state index contributed by atoms with van der Waals surface area (Å²) < 4.78 is 0. The van der Waals surface area contributed by atoms with Crippen LogP contribution in [0.1, 0.15) is 5.56 Å². The highest BCUT2D eigenvalue weighted by Crippen LogP contribution is 2.19. The molecule has 1 aromatic rings. The van der Waals surface area contributed by atoms with Gasteiger partial charge in [0.25, 0.3) is 0 Å². The van der Waals surface area contributed by atoms with E-state index in [1.165, 1.54) is 24.4 Å². The van der Waals surface area contributed by atoms with Crippen LogP contribution < -0.4 is 0 Å². The van der Waals surface area contributed by atoms with Crippen LogP contribution in [0.4, 0.5) is 0 Å². The first-order valence-electron chi connectivity index (χ1n) is 3.63. The van der Waals surface area contributed by atoms with Gasteiger partial charge in [-0.15, -0.1) is 0 Å². The molecule has 0 aromatic heterocycles. The number of aromatic hydroxyl groups is 2. The van der Waals surface area contributed by atoms with Crippen molar-refractivity contribution in [2.24, 2.45) is 4.99 Å². The number of nitriles is 1. The first kappa shape index (κ1) is 9.07. The van der Waals surface area contributed by atoms with E-state index in [1.54, 1.807) is 0 Å². The van der Waals surface area contributed by atoms with Crippen LogP contribution in [0.2, 0.25) is 0 Å². The number of nitrogens with zero attached hydrogens (tertiary/aromatic N) is 2. The third kappa shape index (κ3) is 2.49. The zero-order chi connectivity index (χ0) is 9.68. The predicted molar refractivity (Wildman–Crippen MR) is 47.8 cm³/mol. The second-order valence-corrected chi connectivity index (χ2v) is 2.37. The topological polar surface area (TPSA) is 76.6 Å². The van der Waals surface area contributed by atoms with Gasteiger partial charge in [0.15, 0.2) is 0 Å². The first-order valence-corrected chi connectivity index (χ1v) is 3.63. The van der Waals surface area contributed by atoms with Crippen LogP contribution in [0, 0.1) is 11.3 Å². The summed E-state index contributed by atoms with van der Waals surface area (Å²) in [6.07, 6.45) is 1.35. The minimum atomic E-state index is 0.0273. The number of hydrogen-bond acceptors (Lipinski definition) is 4. The van der Waals surface area contributed by atoms with Crippen molar-refractivity contribution in [2.45, 2.75) is 0 Å². The highest BCUT2D eigenvalue weighted by Gasteiger charge is 1.98. The van der Waals surface area contributed by atoms with Gasteiger partial charge in [-0.3, -0.25) is 4.99 Å². The summed E-state index contributed by atoms with van der Waals surface area (Å²) in [6, 6.07) is 5.94. The molecule has 0 spiro atoms. The van der Waals surface area contributed by atoms with Crippen LogP contribution >= 0.6 is 0 Å². The van der Waals surface area contributed by atoms with Gasteiger partial charge < -0.3 is 10.2 Å². The Morgan fingerprint density at radius 1 is 1.46 bits per heavy atom. The van der Waals surface area contributed by atoms with E-state index in [9.17, 15) is 5.11 Å². The Hall–Kier alpha value is -2.02. The second-order valence-electron chi connectivity index (χ2n) is 2.37. The predicted octanol–water partition coefficient (Wildman–Crippen LogP) is 1.04. The smallest absolute Gasteiger partial charge is 0.126 e. The van der Waals surface area contributed by atoms with E-state index in [1.807, 2.05) is 6.07 Å². The quantitative estimate of drug-likeness (QED) is 0.401. The van der Waals surface area contributed by atoms with Crippen molar-refractivity contribution in [3.8, 4) is 17.6 Å². The highest BCUT2D eigenvalue weighted by molar-refractivity contribution is 5.84. The molecule has 0 fully saturated rings. The van der Waals surface area contributed by atoms with E-state index in [0.29, 0.717) is 5.56 Å². The molecule has 4 heteroatoms. The Morgan fingerprint density at radius 2 is 2.23 bits per heavy atom. The largest absolute Gasteiger partial charge is 0.508 e. The van der Waals surface area contributed by atoms with Crippen LogP contribution in [0.5, 0.6) is 11.5 Å². The number of phenolic OH excluding ortho intramolecular Hbond substituents is 2. The molecule has 0 unspecified atom stereocenters. The Morgan fingerprint density at radius 3 is 2.92 bits per heavy atom. The molecule has 0 saturated carbocycles. The van der Waals surface area contributed by atoms with E-state index < -0.39 is 0 Å². The second kappa shape index (κ2) is 4.12. The molecule has 13 heavy (non-hydrogen) atoms. The summed E-state index contributed by atoms with van der Waals surface area (Å²) in [7, 11) is 0. The Balaban J connectivity index is 2.88. The maximum absolute atomic E-state index is 9.25. The molecule has 66 valence electrons. The number of phenols is 2. The molecular formula is C9H8N2O2. The summed E-state index contributed by atoms with van der Waals surface area (Å²) in [5.41, 5.74) is 0.398. The first-order chi connectivity index (χ1) is 6.24. The van der Waals surface area contributed by atoms with Gasteiger partial charge in [-0.25, -0.2) is 0 Å². The SMILES string of the molecule is N#CCN=Cc1cc(O)ccc1O. The molecule has 1 rings (SSSR count). The average Bonchev–Trinajstić information content (AvgIpc) is 2.11. The van der Waals surface area contributed by atoms with E-state index in [4.69, 9.17) is 10.4 Å². The zero-order valence-corrected chi connectivity index (χ0v) is 6.81. The minimum absolute atomic E-state index is 0.0273. The molecule has 0 amide bonds. The molecule has 0 saturated heterocycles. The van der Waals surface area contributed by atoms with Gasteiger partial charge in [0.1, 0.15) is 18.0 Å². The number of aliphatic imine (C=N–C) groups is 1. The average molecular weight is 176 g/mol. The van der Waals surface area contributed by atoms with E-state index >= 15 is 0 Å². The summed E-state index contributed by atoms with van der Waals surface area (Å²) in [5.74, 6) is 0.0793. The zero-order valence-electron chi connectivity index (χ0n) is 6.81. The van der Waals surface area contributed by atoms with Gasteiger partial charge in [0.2, 0.25) is 0 Å². The van der Waals surface area contributed by atoms with Gasteiger partial charge >= 0.3 is 0 Å². The highest BCUT2D eigenvalue weighted by atomic mass is 16.3. The van der Waals surface area contributed by atoms with Gasteiger partial charge in [0, 0.05) is 11.8 Å². The normalized spacial score (nSPS) is 10.1. The van der Waals surface area contributed by atoms with Crippen LogP contribution in [0.15, 0.2) is 23.2 Å². The Labute approximate surface area is 75.4 Å². The fourth-order valence-electron chi connectivity index (χ4n) is 0.830. The fraction of sp³-hybridized carbons (Fsp3) is 0.111. The van der Waals surface area contributed by atoms with Crippen molar-refractivity contribution >= 4 is 6.21 Å². The number of hydrogen-bond donors (Lipinski definition) is 2. The van der Waals surface area contributed by atoms with Gasteiger partial charge in [-0.05, 0) is 18.2 Å². The van der Waals surface area contributed by atoms with E-state index in [2.05, 4.69) is 4.99 Å². The van der Waals surface area contributed by atoms with Gasteiger partial charge in [0.05, 0.1) is 6.07 Å². The van der Waals surface area contributed by atoms with Crippen molar-refractivity contribution in [3.63, 3.8) is 0 Å². The number of rotatable bonds is 2. The van der Waals surface area contributed by atoms with Crippen molar-refractivity contribution in [1.29, 1.82) is 5.26 Å². The third-order valence-corrected chi connectivity index (χ3v) is 1.40. The molecule has 0 heterocycles. The van der Waals surface area contributed by atoms with Crippen molar-refractivity contribution in [3.05, 3.63) is 23.8 Å². The Bertz CT molecular complexity index is 366. The summed E-state index contributed by atoms with van der Waals surface area (Å²) >= 11 is 0. The van der Waals surface area contributed by atoms with E-state index in [-0.39, 0.29) is 18.0 Å². The Kier molecular flexibility index (Phi) is 2.87. The molecular weight excluding hydrogens is 168 g/mol. The lowest BCUT2D eigenvalue weighted by molar-refractivity contribution is 0.459. The minimum Gasteiger partial charge on any atom is -0.508 e. The van der Waals surface area contributed by atoms with Gasteiger partial charge in [-0.1, -0.05) is 0 Å². The number of benzene rings is 1. The van der Waals surface area contributed by atoms with Crippen molar-refractivity contribution < 1.29 is 10.2 Å². The molecule has 0 aliphatic heterocycles. The molecule has 0 radical (unpaired) electrons.